The lowest BCUT2D eigenvalue weighted by molar-refractivity contribution is -0.122. The first-order valence-corrected chi connectivity index (χ1v) is 9.03. The summed E-state index contributed by atoms with van der Waals surface area (Å²) in [4.78, 5) is 37.5. The van der Waals surface area contributed by atoms with Crippen LogP contribution in [0.4, 0.5) is 17.1 Å². The van der Waals surface area contributed by atoms with Crippen LogP contribution in [0.2, 0.25) is 10.0 Å². The zero-order valence-corrected chi connectivity index (χ0v) is 16.0. The van der Waals surface area contributed by atoms with Crippen molar-refractivity contribution < 1.29 is 14.4 Å². The van der Waals surface area contributed by atoms with E-state index in [0.29, 0.717) is 27.1 Å². The zero-order valence-electron chi connectivity index (χ0n) is 14.5. The molecule has 3 amide bonds. The topological polar surface area (TPSA) is 78.5 Å². The molecule has 2 aromatic carbocycles. The van der Waals surface area contributed by atoms with Gasteiger partial charge in [0.25, 0.3) is 0 Å². The fraction of sp³-hybridized carbons (Fsp3) is 0.211. The molecule has 1 atom stereocenters. The van der Waals surface area contributed by atoms with Crippen molar-refractivity contribution in [1.29, 1.82) is 0 Å². The molecule has 6 nitrogen and oxygen atoms in total. The van der Waals surface area contributed by atoms with E-state index in [9.17, 15) is 14.4 Å². The standard InChI is InChI=1S/C19H17Cl2N3O3/c1-11(25)22-16-7-6-13(9-15(16)21)23-19(27)12-8-18(26)24(10-12)17-5-3-2-4-14(17)20/h2-7,9,12H,8,10H2,1H3,(H,22,25)(H,23,27). The molecule has 3 rings (SSSR count). The largest absolute Gasteiger partial charge is 0.326 e. The molecule has 0 saturated carbocycles. The Bertz CT molecular complexity index is 917. The molecule has 0 spiro atoms. The van der Waals surface area contributed by atoms with Gasteiger partial charge in [-0.2, -0.15) is 0 Å². The molecule has 2 aromatic rings. The third kappa shape index (κ3) is 4.40. The highest BCUT2D eigenvalue weighted by Gasteiger charge is 2.35. The third-order valence-corrected chi connectivity index (χ3v) is 4.82. The van der Waals surface area contributed by atoms with Gasteiger partial charge < -0.3 is 15.5 Å². The van der Waals surface area contributed by atoms with Crippen LogP contribution in [0, 0.1) is 5.92 Å². The van der Waals surface area contributed by atoms with E-state index < -0.39 is 5.92 Å². The maximum atomic E-state index is 12.6. The van der Waals surface area contributed by atoms with Gasteiger partial charge in [0.2, 0.25) is 17.7 Å². The predicted octanol–water partition coefficient (Wildman–Crippen LogP) is 3.94. The van der Waals surface area contributed by atoms with Gasteiger partial charge in [-0.15, -0.1) is 0 Å². The van der Waals surface area contributed by atoms with Gasteiger partial charge in [0, 0.05) is 25.6 Å². The number of nitrogens with one attached hydrogen (secondary N) is 2. The van der Waals surface area contributed by atoms with E-state index in [4.69, 9.17) is 23.2 Å². The van der Waals surface area contributed by atoms with E-state index in [-0.39, 0.29) is 30.7 Å². The smallest absolute Gasteiger partial charge is 0.229 e. The Hall–Kier alpha value is -2.57. The van der Waals surface area contributed by atoms with Gasteiger partial charge in [0.05, 0.1) is 27.3 Å². The molecule has 1 heterocycles. The lowest BCUT2D eigenvalue weighted by Crippen LogP contribution is -2.28. The summed E-state index contributed by atoms with van der Waals surface area (Å²) in [6, 6.07) is 11.8. The minimum Gasteiger partial charge on any atom is -0.326 e. The van der Waals surface area contributed by atoms with Crippen LogP contribution in [0.1, 0.15) is 13.3 Å². The van der Waals surface area contributed by atoms with Gasteiger partial charge in [0.15, 0.2) is 0 Å². The average Bonchev–Trinajstić information content (AvgIpc) is 2.99. The van der Waals surface area contributed by atoms with Crippen LogP contribution in [-0.4, -0.2) is 24.3 Å². The second-order valence-electron chi connectivity index (χ2n) is 6.22. The van der Waals surface area contributed by atoms with E-state index in [1.165, 1.54) is 11.8 Å². The number of hydrogen-bond donors (Lipinski definition) is 2. The highest BCUT2D eigenvalue weighted by atomic mass is 35.5. The number of rotatable bonds is 4. The Kier molecular flexibility index (Phi) is 5.68. The third-order valence-electron chi connectivity index (χ3n) is 4.19. The Morgan fingerprint density at radius 2 is 1.81 bits per heavy atom. The van der Waals surface area contributed by atoms with Gasteiger partial charge in [-0.3, -0.25) is 14.4 Å². The number of nitrogens with zero attached hydrogens (tertiary/aromatic N) is 1. The predicted molar refractivity (Wildman–Crippen MR) is 106 cm³/mol. The maximum Gasteiger partial charge on any atom is 0.229 e. The summed E-state index contributed by atoms with van der Waals surface area (Å²) in [5.41, 5.74) is 1.55. The number of benzene rings is 2. The van der Waals surface area contributed by atoms with Gasteiger partial charge in [-0.05, 0) is 30.3 Å². The van der Waals surface area contributed by atoms with E-state index in [0.717, 1.165) is 0 Å². The number of carbonyl (C=O) groups is 3. The number of carbonyl (C=O) groups excluding carboxylic acids is 3. The summed E-state index contributed by atoms with van der Waals surface area (Å²) in [7, 11) is 0. The summed E-state index contributed by atoms with van der Waals surface area (Å²) < 4.78 is 0. The summed E-state index contributed by atoms with van der Waals surface area (Å²) in [5.74, 6) is -1.16. The van der Waals surface area contributed by atoms with Crippen LogP contribution in [0.25, 0.3) is 0 Å². The second kappa shape index (κ2) is 7.98. The van der Waals surface area contributed by atoms with Crippen molar-refractivity contribution in [3.05, 3.63) is 52.5 Å². The summed E-state index contributed by atoms with van der Waals surface area (Å²) in [6.07, 6.45) is 0.106. The SMILES string of the molecule is CC(=O)Nc1ccc(NC(=O)C2CC(=O)N(c3ccccc3Cl)C2)cc1Cl. The van der Waals surface area contributed by atoms with Crippen LogP contribution in [0.5, 0.6) is 0 Å². The molecule has 1 aliphatic heterocycles. The highest BCUT2D eigenvalue weighted by Crippen LogP contribution is 2.32. The van der Waals surface area contributed by atoms with Crippen LogP contribution >= 0.6 is 23.2 Å². The number of amides is 3. The molecule has 1 aliphatic rings. The van der Waals surface area contributed by atoms with Crippen LogP contribution in [0.3, 0.4) is 0 Å². The average molecular weight is 406 g/mol. The van der Waals surface area contributed by atoms with Crippen molar-refractivity contribution in [2.24, 2.45) is 5.92 Å². The molecule has 140 valence electrons. The first-order valence-electron chi connectivity index (χ1n) is 8.28. The van der Waals surface area contributed by atoms with Crippen molar-refractivity contribution in [3.63, 3.8) is 0 Å². The van der Waals surface area contributed by atoms with Crippen molar-refractivity contribution in [2.75, 3.05) is 22.1 Å². The minimum atomic E-state index is -0.498. The number of halogens is 2. The molecule has 1 fully saturated rings. The van der Waals surface area contributed by atoms with Gasteiger partial charge >= 0.3 is 0 Å². The Morgan fingerprint density at radius 3 is 2.48 bits per heavy atom. The van der Waals surface area contributed by atoms with Gasteiger partial charge in [-0.1, -0.05) is 35.3 Å². The molecule has 0 bridgehead atoms. The van der Waals surface area contributed by atoms with Crippen LogP contribution in [-0.2, 0) is 14.4 Å². The van der Waals surface area contributed by atoms with Crippen molar-refractivity contribution in [2.45, 2.75) is 13.3 Å². The molecule has 0 aromatic heterocycles. The summed E-state index contributed by atoms with van der Waals surface area (Å²) in [6.45, 7) is 1.64. The summed E-state index contributed by atoms with van der Waals surface area (Å²) in [5, 5.41) is 6.13. The first kappa shape index (κ1) is 19.2. The Balaban J connectivity index is 1.69. The monoisotopic (exact) mass is 405 g/mol. The Morgan fingerprint density at radius 1 is 1.07 bits per heavy atom. The van der Waals surface area contributed by atoms with Crippen molar-refractivity contribution in [1.82, 2.24) is 0 Å². The highest BCUT2D eigenvalue weighted by molar-refractivity contribution is 6.34. The molecular formula is C19H17Cl2N3O3. The maximum absolute atomic E-state index is 12.6. The zero-order chi connectivity index (χ0) is 19.6. The first-order chi connectivity index (χ1) is 12.8. The van der Waals surface area contributed by atoms with Crippen LogP contribution in [0.15, 0.2) is 42.5 Å². The second-order valence-corrected chi connectivity index (χ2v) is 7.04. The van der Waals surface area contributed by atoms with Crippen molar-refractivity contribution in [3.8, 4) is 0 Å². The molecular weight excluding hydrogens is 389 g/mol. The quantitative estimate of drug-likeness (QED) is 0.807. The summed E-state index contributed by atoms with van der Waals surface area (Å²) >= 11 is 12.3. The molecule has 27 heavy (non-hydrogen) atoms. The molecule has 8 heteroatoms. The normalized spacial score (nSPS) is 16.3. The molecule has 1 unspecified atom stereocenters. The van der Waals surface area contributed by atoms with Crippen LogP contribution < -0.4 is 15.5 Å². The van der Waals surface area contributed by atoms with E-state index in [2.05, 4.69) is 10.6 Å². The molecule has 0 radical (unpaired) electrons. The lowest BCUT2D eigenvalue weighted by atomic mass is 10.1. The van der Waals surface area contributed by atoms with Gasteiger partial charge in [0.1, 0.15) is 0 Å². The van der Waals surface area contributed by atoms with E-state index >= 15 is 0 Å². The Labute approximate surface area is 166 Å². The minimum absolute atomic E-state index is 0.106. The number of hydrogen-bond acceptors (Lipinski definition) is 3. The fourth-order valence-corrected chi connectivity index (χ4v) is 3.38. The van der Waals surface area contributed by atoms with Gasteiger partial charge in [-0.25, -0.2) is 0 Å². The number of anilines is 3. The van der Waals surface area contributed by atoms with E-state index in [1.54, 1.807) is 42.5 Å². The van der Waals surface area contributed by atoms with Crippen molar-refractivity contribution >= 4 is 58.0 Å². The van der Waals surface area contributed by atoms with E-state index in [1.807, 2.05) is 0 Å². The fourth-order valence-electron chi connectivity index (χ4n) is 2.91. The lowest BCUT2D eigenvalue weighted by Gasteiger charge is -2.18. The molecule has 0 aliphatic carbocycles. The molecule has 2 N–H and O–H groups in total. The molecule has 1 saturated heterocycles. The number of para-hydroxylation sites is 1.